The maximum atomic E-state index is 13.3. The average molecular weight is 341 g/mol. The SMILES string of the molecule is O=C1CC2CNCCN2c2cc(OCc3cccc(F)c3)ccc2N1. The number of ether oxygens (including phenoxy) is 1. The van der Waals surface area contributed by atoms with Crippen LogP contribution in [0.4, 0.5) is 15.8 Å². The molecule has 0 radical (unpaired) electrons. The molecule has 4 rings (SSSR count). The van der Waals surface area contributed by atoms with Crippen LogP contribution >= 0.6 is 0 Å². The van der Waals surface area contributed by atoms with E-state index in [0.717, 1.165) is 36.6 Å². The third kappa shape index (κ3) is 3.44. The summed E-state index contributed by atoms with van der Waals surface area (Å²) in [5.74, 6) is 0.469. The summed E-state index contributed by atoms with van der Waals surface area (Å²) in [6, 6.07) is 12.2. The van der Waals surface area contributed by atoms with Gasteiger partial charge in [-0.25, -0.2) is 4.39 Å². The quantitative estimate of drug-likeness (QED) is 0.901. The van der Waals surface area contributed by atoms with E-state index in [1.54, 1.807) is 6.07 Å². The highest BCUT2D eigenvalue weighted by molar-refractivity contribution is 5.97. The zero-order chi connectivity index (χ0) is 17.2. The second-order valence-corrected chi connectivity index (χ2v) is 6.40. The first-order valence-corrected chi connectivity index (χ1v) is 8.47. The van der Waals surface area contributed by atoms with E-state index in [0.29, 0.717) is 18.8 Å². The highest BCUT2D eigenvalue weighted by Gasteiger charge is 2.30. The van der Waals surface area contributed by atoms with Gasteiger partial charge in [-0.1, -0.05) is 12.1 Å². The molecule has 1 fully saturated rings. The van der Waals surface area contributed by atoms with E-state index in [1.165, 1.54) is 12.1 Å². The third-order valence-electron chi connectivity index (χ3n) is 4.62. The Morgan fingerprint density at radius 3 is 3.04 bits per heavy atom. The summed E-state index contributed by atoms with van der Waals surface area (Å²) < 4.78 is 19.1. The number of piperazine rings is 1. The van der Waals surface area contributed by atoms with Crippen molar-refractivity contribution < 1.29 is 13.9 Å². The van der Waals surface area contributed by atoms with Gasteiger partial charge in [0.2, 0.25) is 5.91 Å². The molecule has 1 atom stereocenters. The highest BCUT2D eigenvalue weighted by atomic mass is 19.1. The number of fused-ring (bicyclic) bond motifs is 3. The first kappa shape index (κ1) is 15.9. The number of nitrogens with zero attached hydrogens (tertiary/aromatic N) is 1. The molecular formula is C19H20FN3O2. The lowest BCUT2D eigenvalue weighted by molar-refractivity contribution is -0.116. The van der Waals surface area contributed by atoms with E-state index < -0.39 is 0 Å². The van der Waals surface area contributed by atoms with Crippen LogP contribution in [0.5, 0.6) is 5.75 Å². The van der Waals surface area contributed by atoms with Gasteiger partial charge in [0, 0.05) is 32.1 Å². The molecule has 25 heavy (non-hydrogen) atoms. The van der Waals surface area contributed by atoms with Gasteiger partial charge in [-0.3, -0.25) is 4.79 Å². The van der Waals surface area contributed by atoms with Crippen molar-refractivity contribution in [1.82, 2.24) is 5.32 Å². The predicted octanol–water partition coefficient (Wildman–Crippen LogP) is 2.53. The first-order valence-electron chi connectivity index (χ1n) is 8.47. The Morgan fingerprint density at radius 1 is 1.24 bits per heavy atom. The van der Waals surface area contributed by atoms with E-state index >= 15 is 0 Å². The van der Waals surface area contributed by atoms with Crippen LogP contribution in [0.2, 0.25) is 0 Å². The molecule has 2 N–H and O–H groups in total. The van der Waals surface area contributed by atoms with Crippen molar-refractivity contribution in [3.05, 3.63) is 53.8 Å². The van der Waals surface area contributed by atoms with Gasteiger partial charge in [0.05, 0.1) is 17.4 Å². The van der Waals surface area contributed by atoms with E-state index in [1.807, 2.05) is 24.3 Å². The molecule has 130 valence electrons. The Labute approximate surface area is 145 Å². The van der Waals surface area contributed by atoms with Crippen LogP contribution in [0, 0.1) is 5.82 Å². The Hall–Kier alpha value is -2.60. The summed E-state index contributed by atoms with van der Waals surface area (Å²) in [6.45, 7) is 2.83. The van der Waals surface area contributed by atoms with Gasteiger partial charge < -0.3 is 20.3 Å². The lowest BCUT2D eigenvalue weighted by atomic mass is 10.1. The van der Waals surface area contributed by atoms with Crippen molar-refractivity contribution in [2.75, 3.05) is 29.9 Å². The lowest BCUT2D eigenvalue weighted by Crippen LogP contribution is -2.51. The number of benzene rings is 2. The molecule has 0 saturated carbocycles. The fourth-order valence-corrected chi connectivity index (χ4v) is 3.41. The number of anilines is 2. The zero-order valence-electron chi connectivity index (χ0n) is 13.8. The monoisotopic (exact) mass is 341 g/mol. The van der Waals surface area contributed by atoms with Gasteiger partial charge in [0.15, 0.2) is 0 Å². The van der Waals surface area contributed by atoms with Crippen LogP contribution in [0.1, 0.15) is 12.0 Å². The predicted molar refractivity (Wildman–Crippen MR) is 94.4 cm³/mol. The Balaban J connectivity index is 1.57. The molecule has 2 heterocycles. The lowest BCUT2D eigenvalue weighted by Gasteiger charge is -2.36. The van der Waals surface area contributed by atoms with Crippen molar-refractivity contribution in [1.29, 1.82) is 0 Å². The number of rotatable bonds is 3. The molecule has 6 heteroatoms. The van der Waals surface area contributed by atoms with Gasteiger partial charge in [-0.2, -0.15) is 0 Å². The number of carbonyl (C=O) groups excluding carboxylic acids is 1. The zero-order valence-corrected chi connectivity index (χ0v) is 13.8. The number of amides is 1. The third-order valence-corrected chi connectivity index (χ3v) is 4.62. The van der Waals surface area contributed by atoms with Gasteiger partial charge in [-0.05, 0) is 29.8 Å². The molecule has 1 saturated heterocycles. The summed E-state index contributed by atoms with van der Waals surface area (Å²) in [4.78, 5) is 14.4. The van der Waals surface area contributed by atoms with Gasteiger partial charge in [-0.15, -0.1) is 0 Å². The van der Waals surface area contributed by atoms with Crippen molar-refractivity contribution in [3.63, 3.8) is 0 Å². The number of halogens is 1. The second-order valence-electron chi connectivity index (χ2n) is 6.40. The molecule has 0 aliphatic carbocycles. The van der Waals surface area contributed by atoms with Crippen molar-refractivity contribution in [2.24, 2.45) is 0 Å². The molecule has 2 aliphatic heterocycles. The summed E-state index contributed by atoms with van der Waals surface area (Å²) in [5.41, 5.74) is 2.57. The maximum absolute atomic E-state index is 13.3. The van der Waals surface area contributed by atoms with Gasteiger partial charge >= 0.3 is 0 Å². The van der Waals surface area contributed by atoms with Crippen LogP contribution in [0.15, 0.2) is 42.5 Å². The molecule has 2 aromatic carbocycles. The molecular weight excluding hydrogens is 321 g/mol. The first-order chi connectivity index (χ1) is 12.2. The molecule has 1 amide bonds. The summed E-state index contributed by atoms with van der Waals surface area (Å²) >= 11 is 0. The molecule has 1 unspecified atom stereocenters. The van der Waals surface area contributed by atoms with Crippen LogP contribution < -0.4 is 20.3 Å². The van der Waals surface area contributed by atoms with Crippen molar-refractivity contribution in [3.8, 4) is 5.75 Å². The van der Waals surface area contributed by atoms with E-state index in [-0.39, 0.29) is 17.8 Å². The largest absolute Gasteiger partial charge is 0.489 e. The maximum Gasteiger partial charge on any atom is 0.226 e. The Kier molecular flexibility index (Phi) is 4.28. The van der Waals surface area contributed by atoms with Crippen LogP contribution in [0.3, 0.4) is 0 Å². The van der Waals surface area contributed by atoms with E-state index in [4.69, 9.17) is 4.74 Å². The van der Waals surface area contributed by atoms with Crippen LogP contribution in [-0.4, -0.2) is 31.6 Å². The minimum atomic E-state index is -0.269. The number of hydrogen-bond donors (Lipinski definition) is 2. The number of carbonyl (C=O) groups is 1. The average Bonchev–Trinajstić information content (AvgIpc) is 2.75. The minimum Gasteiger partial charge on any atom is -0.489 e. The minimum absolute atomic E-state index is 0.0332. The standard InChI is InChI=1S/C19H20FN3O2/c20-14-3-1-2-13(8-14)12-25-16-4-5-17-18(10-16)23-7-6-21-11-15(23)9-19(24)22-17/h1-5,8,10,15,21H,6-7,9,11-12H2,(H,22,24). The number of nitrogens with one attached hydrogen (secondary N) is 2. The number of hydrogen-bond acceptors (Lipinski definition) is 4. The van der Waals surface area contributed by atoms with Crippen LogP contribution in [-0.2, 0) is 11.4 Å². The molecule has 0 bridgehead atoms. The van der Waals surface area contributed by atoms with E-state index in [2.05, 4.69) is 15.5 Å². The van der Waals surface area contributed by atoms with Gasteiger partial charge in [0.1, 0.15) is 18.2 Å². The molecule has 0 spiro atoms. The fraction of sp³-hybridized carbons (Fsp3) is 0.316. The second kappa shape index (κ2) is 6.72. The van der Waals surface area contributed by atoms with Crippen LogP contribution in [0.25, 0.3) is 0 Å². The van der Waals surface area contributed by atoms with Gasteiger partial charge in [0.25, 0.3) is 0 Å². The Bertz CT molecular complexity index is 796. The molecule has 5 nitrogen and oxygen atoms in total. The normalized spacial score (nSPS) is 19.5. The van der Waals surface area contributed by atoms with Crippen molar-refractivity contribution >= 4 is 17.3 Å². The molecule has 0 aromatic heterocycles. The molecule has 2 aromatic rings. The summed E-state index contributed by atoms with van der Waals surface area (Å²) in [5, 5.41) is 6.31. The summed E-state index contributed by atoms with van der Waals surface area (Å²) in [6.07, 6.45) is 0.473. The van der Waals surface area contributed by atoms with Crippen molar-refractivity contribution in [2.45, 2.75) is 19.1 Å². The smallest absolute Gasteiger partial charge is 0.226 e. The topological polar surface area (TPSA) is 53.6 Å². The Morgan fingerprint density at radius 2 is 2.16 bits per heavy atom. The van der Waals surface area contributed by atoms with E-state index in [9.17, 15) is 9.18 Å². The molecule has 2 aliphatic rings. The summed E-state index contributed by atoms with van der Waals surface area (Å²) in [7, 11) is 0. The fourth-order valence-electron chi connectivity index (χ4n) is 3.41. The highest BCUT2D eigenvalue weighted by Crippen LogP contribution is 2.35.